The first-order chi connectivity index (χ1) is 13.5. The van der Waals surface area contributed by atoms with Crippen molar-refractivity contribution >= 4 is 28.8 Å². The number of carbonyl (C=O) groups is 1. The van der Waals surface area contributed by atoms with Gasteiger partial charge in [0, 0.05) is 17.5 Å². The summed E-state index contributed by atoms with van der Waals surface area (Å²) in [5.41, 5.74) is 0.341. The summed E-state index contributed by atoms with van der Waals surface area (Å²) >= 11 is 7.19. The van der Waals surface area contributed by atoms with Crippen LogP contribution in [0.1, 0.15) is 15.5 Å². The molecule has 0 aliphatic carbocycles. The molecule has 3 rings (SSSR count). The number of carbonyl (C=O) groups excluding carboxylic acids is 1. The molecular weight excluding hydrogens is 403 g/mol. The molecule has 5 nitrogen and oxygen atoms in total. The monoisotopic (exact) mass is 420 g/mol. The lowest BCUT2D eigenvalue weighted by Gasteiger charge is -2.16. The van der Waals surface area contributed by atoms with Gasteiger partial charge in [0.15, 0.2) is 11.6 Å². The lowest BCUT2D eigenvalue weighted by Crippen LogP contribution is -2.31. The number of hydrogen-bond acceptors (Lipinski definition) is 5. The van der Waals surface area contributed by atoms with Gasteiger partial charge in [0.25, 0.3) is 5.91 Å². The van der Waals surface area contributed by atoms with E-state index in [4.69, 9.17) is 21.1 Å². The molecule has 2 aromatic carbocycles. The summed E-state index contributed by atoms with van der Waals surface area (Å²) in [5.74, 6) is 0.181. The molecule has 1 aromatic heterocycles. The molecule has 0 unspecified atom stereocenters. The number of likely N-dealkylation sites (N-methyl/N-ethyl adjacent to an activating group) is 1. The average Bonchev–Trinajstić information content (AvgIpc) is 3.17. The number of para-hydroxylation sites is 1. The molecule has 0 fully saturated rings. The predicted molar refractivity (Wildman–Crippen MR) is 107 cm³/mol. The van der Waals surface area contributed by atoms with Gasteiger partial charge in [-0.3, -0.25) is 4.79 Å². The van der Waals surface area contributed by atoms with E-state index in [1.165, 1.54) is 22.3 Å². The maximum atomic E-state index is 13.5. The number of ether oxygens (including phenoxy) is 2. The second-order valence-corrected chi connectivity index (χ2v) is 7.25. The third-order valence-corrected chi connectivity index (χ3v) is 4.89. The number of aromatic nitrogens is 1. The first-order valence-corrected chi connectivity index (χ1v) is 9.74. The van der Waals surface area contributed by atoms with Gasteiger partial charge in [0.2, 0.25) is 0 Å². The number of amides is 1. The minimum Gasteiger partial charge on any atom is -0.489 e. The Morgan fingerprint density at radius 3 is 2.68 bits per heavy atom. The number of benzene rings is 2. The number of hydrogen-bond donors (Lipinski definition) is 0. The van der Waals surface area contributed by atoms with Gasteiger partial charge in [0.1, 0.15) is 29.7 Å². The summed E-state index contributed by atoms with van der Waals surface area (Å²) < 4.78 is 24.5. The maximum absolute atomic E-state index is 13.5. The van der Waals surface area contributed by atoms with E-state index >= 15 is 0 Å². The minimum atomic E-state index is -0.429. The topological polar surface area (TPSA) is 51.7 Å². The van der Waals surface area contributed by atoms with Crippen LogP contribution < -0.4 is 9.47 Å². The van der Waals surface area contributed by atoms with Crippen molar-refractivity contribution in [1.82, 2.24) is 9.88 Å². The molecule has 28 heavy (non-hydrogen) atoms. The zero-order chi connectivity index (χ0) is 19.9. The zero-order valence-corrected chi connectivity index (χ0v) is 16.7. The van der Waals surface area contributed by atoms with E-state index in [2.05, 4.69) is 4.98 Å². The van der Waals surface area contributed by atoms with Crippen LogP contribution in [0.15, 0.2) is 53.9 Å². The zero-order valence-electron chi connectivity index (χ0n) is 15.1. The lowest BCUT2D eigenvalue weighted by molar-refractivity contribution is 0.0767. The molecule has 0 radical (unpaired) electrons. The summed E-state index contributed by atoms with van der Waals surface area (Å²) in [6.45, 7) is 0.751. The van der Waals surface area contributed by atoms with E-state index in [0.29, 0.717) is 28.0 Å². The molecule has 146 valence electrons. The average molecular weight is 421 g/mol. The summed E-state index contributed by atoms with van der Waals surface area (Å²) in [6.07, 6.45) is 0. The molecule has 0 aliphatic heterocycles. The molecule has 0 N–H and O–H groups in total. The minimum absolute atomic E-state index is 0.165. The Morgan fingerprint density at radius 1 is 1.18 bits per heavy atom. The standard InChI is InChI=1S/C20H18ClFN2O3S/c1-24(10-11-26-18-5-3-2-4-16(18)22)20(25)17-13-28-19(23-17)12-27-15-8-6-14(21)7-9-15/h2-9,13H,10-12H2,1H3. The van der Waals surface area contributed by atoms with Crippen LogP contribution in [0.5, 0.6) is 11.5 Å². The highest BCUT2D eigenvalue weighted by Gasteiger charge is 2.16. The third-order valence-electron chi connectivity index (χ3n) is 3.81. The van der Waals surface area contributed by atoms with Gasteiger partial charge in [-0.15, -0.1) is 11.3 Å². The van der Waals surface area contributed by atoms with Crippen molar-refractivity contribution in [3.8, 4) is 11.5 Å². The number of halogens is 2. The molecule has 0 bridgehead atoms. The SMILES string of the molecule is CN(CCOc1ccccc1F)C(=O)c1csc(COc2ccc(Cl)cc2)n1. The molecule has 0 aliphatic rings. The Labute approximate surface area is 171 Å². The van der Waals surface area contributed by atoms with Gasteiger partial charge in [0.05, 0.1) is 6.54 Å². The van der Waals surface area contributed by atoms with Crippen LogP contribution in [0.2, 0.25) is 5.02 Å². The van der Waals surface area contributed by atoms with Gasteiger partial charge in [-0.1, -0.05) is 23.7 Å². The van der Waals surface area contributed by atoms with Gasteiger partial charge in [-0.25, -0.2) is 9.37 Å². The van der Waals surface area contributed by atoms with Crippen LogP contribution in [-0.2, 0) is 6.61 Å². The van der Waals surface area contributed by atoms with Crippen molar-refractivity contribution in [2.45, 2.75) is 6.61 Å². The molecule has 0 saturated heterocycles. The predicted octanol–water partition coefficient (Wildman–Crippen LogP) is 4.67. The van der Waals surface area contributed by atoms with E-state index in [9.17, 15) is 9.18 Å². The highest BCUT2D eigenvalue weighted by atomic mass is 35.5. The van der Waals surface area contributed by atoms with Crippen molar-refractivity contribution < 1.29 is 18.7 Å². The van der Waals surface area contributed by atoms with Crippen LogP contribution in [0.3, 0.4) is 0 Å². The summed E-state index contributed by atoms with van der Waals surface area (Å²) in [7, 11) is 1.65. The lowest BCUT2D eigenvalue weighted by atomic mass is 10.3. The van der Waals surface area contributed by atoms with Crippen molar-refractivity contribution in [2.24, 2.45) is 0 Å². The molecule has 0 atom stereocenters. The maximum Gasteiger partial charge on any atom is 0.273 e. The van der Waals surface area contributed by atoms with Crippen LogP contribution in [0.25, 0.3) is 0 Å². The quantitative estimate of drug-likeness (QED) is 0.531. The highest BCUT2D eigenvalue weighted by Crippen LogP contribution is 2.19. The molecular formula is C20H18ClFN2O3S. The fourth-order valence-corrected chi connectivity index (χ4v) is 3.11. The van der Waals surface area contributed by atoms with Gasteiger partial charge in [-0.05, 0) is 36.4 Å². The summed E-state index contributed by atoms with van der Waals surface area (Å²) in [6, 6.07) is 13.2. The second kappa shape index (κ2) is 9.52. The fourth-order valence-electron chi connectivity index (χ4n) is 2.30. The second-order valence-electron chi connectivity index (χ2n) is 5.87. The van der Waals surface area contributed by atoms with Crippen LogP contribution in [0, 0.1) is 5.82 Å². The smallest absolute Gasteiger partial charge is 0.273 e. The van der Waals surface area contributed by atoms with Crippen molar-refractivity contribution in [3.05, 3.63) is 75.5 Å². The number of nitrogens with zero attached hydrogens (tertiary/aromatic N) is 2. The Hall–Kier alpha value is -2.64. The molecule has 3 aromatic rings. The van der Waals surface area contributed by atoms with Gasteiger partial charge in [-0.2, -0.15) is 0 Å². The molecule has 1 heterocycles. The van der Waals surface area contributed by atoms with Gasteiger partial charge < -0.3 is 14.4 Å². The first-order valence-electron chi connectivity index (χ1n) is 8.48. The van der Waals surface area contributed by atoms with Crippen molar-refractivity contribution in [2.75, 3.05) is 20.2 Å². The first kappa shape index (κ1) is 20.1. The van der Waals surface area contributed by atoms with E-state index in [-0.39, 0.29) is 24.9 Å². The summed E-state index contributed by atoms with van der Waals surface area (Å²) in [5, 5.41) is 3.02. The van der Waals surface area contributed by atoms with Gasteiger partial charge >= 0.3 is 0 Å². The number of rotatable bonds is 8. The Morgan fingerprint density at radius 2 is 1.93 bits per heavy atom. The molecule has 0 saturated carbocycles. The molecule has 1 amide bonds. The highest BCUT2D eigenvalue weighted by molar-refractivity contribution is 7.09. The van der Waals surface area contributed by atoms with Crippen LogP contribution >= 0.6 is 22.9 Å². The summed E-state index contributed by atoms with van der Waals surface area (Å²) in [4.78, 5) is 18.3. The van der Waals surface area contributed by atoms with Crippen LogP contribution in [0.4, 0.5) is 4.39 Å². The van der Waals surface area contributed by atoms with E-state index in [1.807, 2.05) is 0 Å². The molecule has 0 spiro atoms. The van der Waals surface area contributed by atoms with Crippen LogP contribution in [-0.4, -0.2) is 36.0 Å². The number of thiazole rings is 1. The van der Waals surface area contributed by atoms with E-state index < -0.39 is 5.82 Å². The van der Waals surface area contributed by atoms with E-state index in [1.54, 1.807) is 54.9 Å². The molecule has 8 heteroatoms. The Bertz CT molecular complexity index is 933. The Kier molecular flexibility index (Phi) is 6.84. The van der Waals surface area contributed by atoms with Crippen molar-refractivity contribution in [1.29, 1.82) is 0 Å². The fraction of sp³-hybridized carbons (Fsp3) is 0.200. The largest absolute Gasteiger partial charge is 0.489 e. The normalized spacial score (nSPS) is 10.5. The van der Waals surface area contributed by atoms with Crippen molar-refractivity contribution in [3.63, 3.8) is 0 Å². The third kappa shape index (κ3) is 5.43. The van der Waals surface area contributed by atoms with E-state index in [0.717, 1.165) is 0 Å². The Balaban J connectivity index is 1.48.